The summed E-state index contributed by atoms with van der Waals surface area (Å²) in [5.41, 5.74) is 0.376. The van der Waals surface area contributed by atoms with Crippen molar-refractivity contribution < 1.29 is 9.53 Å². The van der Waals surface area contributed by atoms with E-state index < -0.39 is 0 Å². The largest absolute Gasteiger partial charge is 0.455 e. The molecule has 2 fully saturated rings. The molecule has 0 heterocycles. The van der Waals surface area contributed by atoms with Gasteiger partial charge in [0, 0.05) is 11.0 Å². The number of hydrogen-bond acceptors (Lipinski definition) is 2. The van der Waals surface area contributed by atoms with Crippen LogP contribution < -0.4 is 0 Å². The van der Waals surface area contributed by atoms with E-state index in [1.165, 1.54) is 12.8 Å². The fourth-order valence-corrected chi connectivity index (χ4v) is 3.69. The van der Waals surface area contributed by atoms with Crippen molar-refractivity contribution in [3.8, 4) is 0 Å². The molecular weight excluding hydrogens is 212 g/mol. The van der Waals surface area contributed by atoms with E-state index in [4.69, 9.17) is 4.74 Å². The third kappa shape index (κ3) is 2.02. The lowest BCUT2D eigenvalue weighted by Gasteiger charge is -2.41. The fraction of sp³-hybridized carbons (Fsp3) is 0.800. The second kappa shape index (κ2) is 3.86. The highest BCUT2D eigenvalue weighted by atomic mass is 16.6. The van der Waals surface area contributed by atoms with Crippen molar-refractivity contribution in [1.82, 2.24) is 0 Å². The van der Waals surface area contributed by atoms with Gasteiger partial charge < -0.3 is 4.74 Å². The molecule has 2 aliphatic carbocycles. The maximum atomic E-state index is 11.9. The summed E-state index contributed by atoms with van der Waals surface area (Å²) in [6.07, 6.45) is 4.58. The lowest BCUT2D eigenvalue weighted by molar-refractivity contribution is -0.170. The van der Waals surface area contributed by atoms with Crippen molar-refractivity contribution in [2.45, 2.75) is 59.0 Å². The Morgan fingerprint density at radius 2 is 1.88 bits per heavy atom. The minimum atomic E-state index is -0.234. The summed E-state index contributed by atoms with van der Waals surface area (Å²) in [7, 11) is 0. The van der Waals surface area contributed by atoms with Gasteiger partial charge in [-0.1, -0.05) is 27.4 Å². The van der Waals surface area contributed by atoms with Gasteiger partial charge in [-0.15, -0.1) is 0 Å². The first-order chi connectivity index (χ1) is 7.78. The van der Waals surface area contributed by atoms with Crippen LogP contribution in [0.2, 0.25) is 0 Å². The normalized spacial score (nSPS) is 35.6. The smallest absolute Gasteiger partial charge is 0.333 e. The predicted molar refractivity (Wildman–Crippen MR) is 68.5 cm³/mol. The number of carbonyl (C=O) groups excluding carboxylic acids is 1. The van der Waals surface area contributed by atoms with Gasteiger partial charge in [-0.05, 0) is 44.4 Å². The molecular formula is C15H24O2. The average molecular weight is 236 g/mol. The Labute approximate surface area is 104 Å². The van der Waals surface area contributed by atoms with E-state index in [-0.39, 0.29) is 17.0 Å². The Balaban J connectivity index is 2.27. The molecule has 0 saturated heterocycles. The van der Waals surface area contributed by atoms with Crippen LogP contribution in [0.5, 0.6) is 0 Å². The van der Waals surface area contributed by atoms with Gasteiger partial charge in [0.2, 0.25) is 0 Å². The van der Waals surface area contributed by atoms with Gasteiger partial charge in [0.05, 0.1) is 0 Å². The number of esters is 1. The number of carbonyl (C=O) groups is 1. The van der Waals surface area contributed by atoms with E-state index >= 15 is 0 Å². The third-order valence-corrected chi connectivity index (χ3v) is 4.52. The zero-order valence-electron chi connectivity index (χ0n) is 11.5. The summed E-state index contributed by atoms with van der Waals surface area (Å²) in [5.74, 6) is 1.01. The van der Waals surface area contributed by atoms with Crippen LogP contribution in [0.3, 0.4) is 0 Å². The van der Waals surface area contributed by atoms with Crippen LogP contribution in [0.25, 0.3) is 0 Å². The summed E-state index contributed by atoms with van der Waals surface area (Å²) in [6.45, 7) is 12.2. The molecule has 0 radical (unpaired) electrons. The van der Waals surface area contributed by atoms with Gasteiger partial charge in [0.15, 0.2) is 0 Å². The minimum absolute atomic E-state index is 0.0959. The third-order valence-electron chi connectivity index (χ3n) is 4.52. The maximum Gasteiger partial charge on any atom is 0.333 e. The van der Waals surface area contributed by atoms with Crippen molar-refractivity contribution in [1.29, 1.82) is 0 Å². The molecule has 2 heteroatoms. The lowest BCUT2D eigenvalue weighted by atomic mass is 9.74. The van der Waals surface area contributed by atoms with Gasteiger partial charge in [-0.25, -0.2) is 4.79 Å². The van der Waals surface area contributed by atoms with Gasteiger partial charge in [0.25, 0.3) is 0 Å². The highest BCUT2D eigenvalue weighted by Crippen LogP contribution is 2.61. The van der Waals surface area contributed by atoms with Crippen LogP contribution in [0.15, 0.2) is 12.2 Å². The zero-order chi connectivity index (χ0) is 12.8. The van der Waals surface area contributed by atoms with Crippen molar-refractivity contribution >= 4 is 5.97 Å². The molecule has 2 rings (SSSR count). The Hall–Kier alpha value is -0.790. The molecule has 2 unspecified atom stereocenters. The summed E-state index contributed by atoms with van der Waals surface area (Å²) in [6, 6.07) is 0. The second-order valence-electron chi connectivity index (χ2n) is 6.73. The first-order valence-corrected chi connectivity index (χ1v) is 6.67. The number of hydrogen-bond donors (Lipinski definition) is 0. The van der Waals surface area contributed by atoms with Crippen molar-refractivity contribution in [3.05, 3.63) is 12.2 Å². The molecule has 0 bridgehead atoms. The first-order valence-electron chi connectivity index (χ1n) is 6.67. The molecule has 2 atom stereocenters. The Morgan fingerprint density at radius 3 is 2.24 bits per heavy atom. The molecule has 0 aromatic heterocycles. The van der Waals surface area contributed by atoms with Gasteiger partial charge in [0.1, 0.15) is 5.60 Å². The van der Waals surface area contributed by atoms with E-state index in [9.17, 15) is 4.79 Å². The van der Waals surface area contributed by atoms with Crippen molar-refractivity contribution in [2.75, 3.05) is 0 Å². The van der Waals surface area contributed by atoms with E-state index in [0.29, 0.717) is 17.4 Å². The van der Waals surface area contributed by atoms with Gasteiger partial charge in [-0.3, -0.25) is 0 Å². The maximum absolute atomic E-state index is 11.9. The van der Waals surface area contributed by atoms with E-state index in [1.807, 2.05) is 0 Å². The monoisotopic (exact) mass is 236 g/mol. The molecule has 0 spiro atoms. The first kappa shape index (κ1) is 12.7. The van der Waals surface area contributed by atoms with Crippen molar-refractivity contribution in [2.24, 2.45) is 17.3 Å². The highest BCUT2D eigenvalue weighted by Gasteiger charge is 2.61. The molecule has 0 aliphatic heterocycles. The second-order valence-corrected chi connectivity index (χ2v) is 6.73. The molecule has 0 aromatic carbocycles. The molecule has 2 saturated carbocycles. The average Bonchev–Trinajstić information content (AvgIpc) is 2.94. The molecule has 0 N–H and O–H groups in total. The number of ether oxygens (including phenoxy) is 1. The minimum Gasteiger partial charge on any atom is -0.455 e. The van der Waals surface area contributed by atoms with Crippen LogP contribution in [0.4, 0.5) is 0 Å². The molecule has 2 aliphatic rings. The zero-order valence-corrected chi connectivity index (χ0v) is 11.5. The van der Waals surface area contributed by atoms with Gasteiger partial charge >= 0.3 is 5.97 Å². The van der Waals surface area contributed by atoms with Crippen LogP contribution in [0.1, 0.15) is 53.4 Å². The van der Waals surface area contributed by atoms with Crippen LogP contribution in [0, 0.1) is 17.3 Å². The van der Waals surface area contributed by atoms with E-state index in [0.717, 1.165) is 12.8 Å². The fourth-order valence-electron chi connectivity index (χ4n) is 3.69. The van der Waals surface area contributed by atoms with Crippen LogP contribution in [-0.2, 0) is 9.53 Å². The molecule has 0 amide bonds. The quantitative estimate of drug-likeness (QED) is 0.551. The summed E-state index contributed by atoms with van der Waals surface area (Å²) < 4.78 is 5.93. The summed E-state index contributed by atoms with van der Waals surface area (Å²) >= 11 is 0. The Kier molecular flexibility index (Phi) is 2.87. The molecule has 0 aromatic rings. The standard InChI is InChI=1S/C15H24O2/c1-10(2)13(16)17-15(12-6-7-12)9-11(3)8-14(15,4)5/h11-12H,1,6-9H2,2-5H3. The molecule has 96 valence electrons. The van der Waals surface area contributed by atoms with Crippen LogP contribution >= 0.6 is 0 Å². The highest BCUT2D eigenvalue weighted by molar-refractivity contribution is 5.87. The molecule has 17 heavy (non-hydrogen) atoms. The van der Waals surface area contributed by atoms with Gasteiger partial charge in [-0.2, -0.15) is 0 Å². The van der Waals surface area contributed by atoms with E-state index in [2.05, 4.69) is 27.4 Å². The lowest BCUT2D eigenvalue weighted by Crippen LogP contribution is -2.46. The summed E-state index contributed by atoms with van der Waals surface area (Å²) in [5, 5.41) is 0. The molecule has 2 nitrogen and oxygen atoms in total. The topological polar surface area (TPSA) is 26.3 Å². The predicted octanol–water partition coefficient (Wildman–Crippen LogP) is 3.71. The SMILES string of the molecule is C=C(C)C(=O)OC1(C2CC2)CC(C)CC1(C)C. The number of rotatable bonds is 3. The summed E-state index contributed by atoms with van der Waals surface area (Å²) in [4.78, 5) is 11.9. The van der Waals surface area contributed by atoms with Crippen LogP contribution in [-0.4, -0.2) is 11.6 Å². The Bertz CT molecular complexity index is 352. The van der Waals surface area contributed by atoms with Crippen molar-refractivity contribution in [3.63, 3.8) is 0 Å². The Morgan fingerprint density at radius 1 is 1.29 bits per heavy atom. The van der Waals surface area contributed by atoms with E-state index in [1.54, 1.807) is 6.92 Å².